The number of amides is 1. The van der Waals surface area contributed by atoms with Gasteiger partial charge in [0.2, 0.25) is 0 Å². The summed E-state index contributed by atoms with van der Waals surface area (Å²) in [5, 5.41) is 0.572. The summed E-state index contributed by atoms with van der Waals surface area (Å²) in [4.78, 5) is 22.6. The third-order valence-corrected chi connectivity index (χ3v) is 8.70. The van der Waals surface area contributed by atoms with Crippen molar-refractivity contribution in [3.8, 4) is 5.75 Å². The predicted octanol–water partition coefficient (Wildman–Crippen LogP) is 3.86. The number of ether oxygens (including phenoxy) is 2. The highest BCUT2D eigenvalue weighted by Crippen LogP contribution is 2.35. The quantitative estimate of drug-likeness (QED) is 0.403. The number of anilines is 1. The van der Waals surface area contributed by atoms with Crippen LogP contribution in [0.15, 0.2) is 47.4 Å². The Bertz CT molecular complexity index is 1270. The van der Waals surface area contributed by atoms with Crippen LogP contribution in [0.1, 0.15) is 30.6 Å². The van der Waals surface area contributed by atoms with Gasteiger partial charge in [-0.1, -0.05) is 30.4 Å². The van der Waals surface area contributed by atoms with Crippen molar-refractivity contribution in [3.05, 3.63) is 48.0 Å². The van der Waals surface area contributed by atoms with Crippen molar-refractivity contribution in [1.82, 2.24) is 9.88 Å². The van der Waals surface area contributed by atoms with Gasteiger partial charge >= 0.3 is 0 Å². The van der Waals surface area contributed by atoms with Gasteiger partial charge in [-0.2, -0.15) is 0 Å². The van der Waals surface area contributed by atoms with Crippen molar-refractivity contribution in [1.29, 1.82) is 0 Å². The maximum atomic E-state index is 13.7. The van der Waals surface area contributed by atoms with Gasteiger partial charge in [0.25, 0.3) is 5.91 Å². The lowest BCUT2D eigenvalue weighted by Gasteiger charge is -2.27. The number of fused-ring (bicyclic) bond motifs is 1. The van der Waals surface area contributed by atoms with Crippen molar-refractivity contribution in [3.63, 3.8) is 0 Å². The highest BCUT2D eigenvalue weighted by molar-refractivity contribution is 7.91. The van der Waals surface area contributed by atoms with E-state index in [-0.39, 0.29) is 16.6 Å². The fourth-order valence-electron chi connectivity index (χ4n) is 4.01. The highest BCUT2D eigenvalue weighted by atomic mass is 32.2. The monoisotopic (exact) mass is 517 g/mol. The second-order valence-electron chi connectivity index (χ2n) is 8.23. The molecule has 1 aliphatic heterocycles. The Morgan fingerprint density at radius 2 is 1.94 bits per heavy atom. The number of morpholine rings is 1. The summed E-state index contributed by atoms with van der Waals surface area (Å²) in [7, 11) is -3.43. The van der Waals surface area contributed by atoms with E-state index in [1.54, 1.807) is 24.0 Å². The molecule has 1 saturated heterocycles. The standard InChI is InChI=1S/C25H31N3O5S2/c1-3-33-21-10-6-11-22-23(21)26-25(34-22)28(13-7-12-27-14-16-32-17-15-27)24(29)19-8-5-9-20(18-19)35(30,31)4-2/h5-6,8-11,18H,3-4,7,12-17H2,1-2H3. The molecular formula is C25H31N3O5S2. The van der Waals surface area contributed by atoms with Crippen molar-refractivity contribution < 1.29 is 22.7 Å². The maximum absolute atomic E-state index is 13.7. The van der Waals surface area contributed by atoms with E-state index in [1.807, 2.05) is 25.1 Å². The summed E-state index contributed by atoms with van der Waals surface area (Å²) in [6, 6.07) is 12.0. The molecule has 0 unspecified atom stereocenters. The molecular weight excluding hydrogens is 486 g/mol. The molecule has 0 aliphatic carbocycles. The van der Waals surface area contributed by atoms with Crippen LogP contribution in [0.3, 0.4) is 0 Å². The number of nitrogens with zero attached hydrogens (tertiary/aromatic N) is 3. The fourth-order valence-corrected chi connectivity index (χ4v) is 5.94. The number of sulfone groups is 1. The summed E-state index contributed by atoms with van der Waals surface area (Å²) in [6.45, 7) is 8.54. The lowest BCUT2D eigenvalue weighted by Crippen LogP contribution is -2.39. The molecule has 1 fully saturated rings. The number of rotatable bonds is 10. The molecule has 1 aliphatic rings. The molecule has 0 radical (unpaired) electrons. The molecule has 8 nitrogen and oxygen atoms in total. The van der Waals surface area contributed by atoms with Gasteiger partial charge in [0.1, 0.15) is 11.3 Å². The van der Waals surface area contributed by atoms with Crippen molar-refractivity contribution >= 4 is 42.4 Å². The Morgan fingerprint density at radius 1 is 1.17 bits per heavy atom. The minimum atomic E-state index is -3.43. The van der Waals surface area contributed by atoms with Gasteiger partial charge in [-0.05, 0) is 43.7 Å². The van der Waals surface area contributed by atoms with E-state index in [4.69, 9.17) is 14.5 Å². The van der Waals surface area contributed by atoms with Crippen LogP contribution in [0.4, 0.5) is 5.13 Å². The van der Waals surface area contributed by atoms with Gasteiger partial charge in [-0.25, -0.2) is 13.4 Å². The Morgan fingerprint density at radius 3 is 2.69 bits per heavy atom. The summed E-state index contributed by atoms with van der Waals surface area (Å²) in [5.74, 6) is 0.396. The molecule has 4 rings (SSSR count). The Labute approximate surface area is 210 Å². The first-order chi connectivity index (χ1) is 16.9. The van der Waals surface area contributed by atoms with Crippen LogP contribution in [0, 0.1) is 0 Å². The van der Waals surface area contributed by atoms with E-state index >= 15 is 0 Å². The van der Waals surface area contributed by atoms with Crippen molar-refractivity contribution in [2.24, 2.45) is 0 Å². The molecule has 0 bridgehead atoms. The summed E-state index contributed by atoms with van der Waals surface area (Å²) in [5.41, 5.74) is 1.05. The van der Waals surface area contributed by atoms with Gasteiger partial charge in [0.05, 0.1) is 35.2 Å². The molecule has 2 aromatic carbocycles. The number of hydrogen-bond acceptors (Lipinski definition) is 8. The molecule has 0 atom stereocenters. The van der Waals surface area contributed by atoms with E-state index < -0.39 is 9.84 Å². The molecule has 0 saturated carbocycles. The first kappa shape index (κ1) is 25.6. The van der Waals surface area contributed by atoms with Gasteiger partial charge in [-0.3, -0.25) is 14.6 Å². The van der Waals surface area contributed by atoms with Crippen LogP contribution in [0.2, 0.25) is 0 Å². The minimum Gasteiger partial charge on any atom is -0.492 e. The zero-order chi connectivity index (χ0) is 24.8. The molecule has 35 heavy (non-hydrogen) atoms. The zero-order valence-corrected chi connectivity index (χ0v) is 21.7. The zero-order valence-electron chi connectivity index (χ0n) is 20.1. The number of para-hydroxylation sites is 1. The second kappa shape index (κ2) is 11.5. The molecule has 0 N–H and O–H groups in total. The summed E-state index contributed by atoms with van der Waals surface area (Å²) < 4.78 is 36.9. The highest BCUT2D eigenvalue weighted by Gasteiger charge is 2.24. The van der Waals surface area contributed by atoms with Crippen LogP contribution in [-0.4, -0.2) is 76.0 Å². The smallest absolute Gasteiger partial charge is 0.260 e. The van der Waals surface area contributed by atoms with Crippen molar-refractivity contribution in [2.75, 3.05) is 56.7 Å². The molecule has 1 amide bonds. The number of carbonyl (C=O) groups is 1. The lowest BCUT2D eigenvalue weighted by molar-refractivity contribution is 0.0376. The van der Waals surface area contributed by atoms with E-state index in [0.717, 1.165) is 49.5 Å². The first-order valence-electron chi connectivity index (χ1n) is 11.9. The van der Waals surface area contributed by atoms with E-state index in [0.29, 0.717) is 29.6 Å². The predicted molar refractivity (Wildman–Crippen MR) is 139 cm³/mol. The van der Waals surface area contributed by atoms with E-state index in [1.165, 1.54) is 23.5 Å². The molecule has 0 spiro atoms. The molecule has 2 heterocycles. The van der Waals surface area contributed by atoms with Gasteiger partial charge < -0.3 is 9.47 Å². The second-order valence-corrected chi connectivity index (χ2v) is 11.5. The van der Waals surface area contributed by atoms with Crippen LogP contribution in [0.5, 0.6) is 5.75 Å². The van der Waals surface area contributed by atoms with E-state index in [9.17, 15) is 13.2 Å². The molecule has 10 heteroatoms. The number of benzene rings is 2. The van der Waals surface area contributed by atoms with Crippen LogP contribution in [0.25, 0.3) is 10.2 Å². The summed E-state index contributed by atoms with van der Waals surface area (Å²) in [6.07, 6.45) is 0.757. The number of carbonyl (C=O) groups excluding carboxylic acids is 1. The SMILES string of the molecule is CCOc1cccc2sc(N(CCCN3CCOCC3)C(=O)c3cccc(S(=O)(=O)CC)c3)nc12. The number of aromatic nitrogens is 1. The van der Waals surface area contributed by atoms with Crippen LogP contribution in [-0.2, 0) is 14.6 Å². The molecule has 1 aromatic heterocycles. The number of hydrogen-bond donors (Lipinski definition) is 0. The Hall–Kier alpha value is -2.53. The average Bonchev–Trinajstić information content (AvgIpc) is 3.32. The topological polar surface area (TPSA) is 89.0 Å². The first-order valence-corrected chi connectivity index (χ1v) is 14.4. The summed E-state index contributed by atoms with van der Waals surface area (Å²) >= 11 is 1.43. The van der Waals surface area contributed by atoms with E-state index in [2.05, 4.69) is 4.90 Å². The van der Waals surface area contributed by atoms with Crippen molar-refractivity contribution in [2.45, 2.75) is 25.2 Å². The van der Waals surface area contributed by atoms with Gasteiger partial charge in [0.15, 0.2) is 15.0 Å². The molecule has 3 aromatic rings. The number of thiazole rings is 1. The third-order valence-electron chi connectivity index (χ3n) is 5.93. The fraction of sp³-hybridized carbons (Fsp3) is 0.440. The largest absolute Gasteiger partial charge is 0.492 e. The maximum Gasteiger partial charge on any atom is 0.260 e. The Balaban J connectivity index is 1.65. The minimum absolute atomic E-state index is 0.0218. The molecule has 188 valence electrons. The third kappa shape index (κ3) is 6.00. The average molecular weight is 518 g/mol. The van der Waals surface area contributed by atoms with Gasteiger partial charge in [-0.15, -0.1) is 0 Å². The van der Waals surface area contributed by atoms with Gasteiger partial charge in [0, 0.05) is 31.7 Å². The van der Waals surface area contributed by atoms with Crippen LogP contribution >= 0.6 is 11.3 Å². The lowest BCUT2D eigenvalue weighted by atomic mass is 10.2. The van der Waals surface area contributed by atoms with Crippen LogP contribution < -0.4 is 9.64 Å². The Kier molecular flexibility index (Phi) is 8.38. The normalized spacial score (nSPS) is 14.8.